The van der Waals surface area contributed by atoms with E-state index in [-0.39, 0.29) is 0 Å². The maximum absolute atomic E-state index is 5.24. The minimum Gasteiger partial charge on any atom is -0.361 e. The third-order valence-corrected chi connectivity index (χ3v) is 3.82. The Labute approximate surface area is 113 Å². The van der Waals surface area contributed by atoms with Gasteiger partial charge in [-0.3, -0.25) is 4.98 Å². The second kappa shape index (κ2) is 5.13. The summed E-state index contributed by atoms with van der Waals surface area (Å²) < 4.78 is 5.24. The summed E-state index contributed by atoms with van der Waals surface area (Å²) in [6, 6.07) is 6.26. The van der Waals surface area contributed by atoms with E-state index < -0.39 is 0 Å². The van der Waals surface area contributed by atoms with Crippen molar-refractivity contribution in [3.8, 4) is 11.3 Å². The predicted octanol–water partition coefficient (Wildman–Crippen LogP) is 2.82. The maximum Gasteiger partial charge on any atom is 0.143 e. The molecular formula is C15H19N3O. The number of rotatable bonds is 2. The van der Waals surface area contributed by atoms with E-state index in [2.05, 4.69) is 22.6 Å². The first-order valence-electron chi connectivity index (χ1n) is 6.86. The molecule has 0 amide bonds. The van der Waals surface area contributed by atoms with Gasteiger partial charge in [-0.05, 0) is 51.9 Å². The number of hydrogen-bond donors (Lipinski definition) is 1. The van der Waals surface area contributed by atoms with Crippen LogP contribution in [0.4, 0.5) is 0 Å². The van der Waals surface area contributed by atoms with Gasteiger partial charge in [0.2, 0.25) is 0 Å². The van der Waals surface area contributed by atoms with Crippen molar-refractivity contribution in [3.63, 3.8) is 0 Å². The zero-order chi connectivity index (χ0) is 13.2. The van der Waals surface area contributed by atoms with Crippen LogP contribution in [0.25, 0.3) is 11.3 Å². The Morgan fingerprint density at radius 3 is 2.68 bits per heavy atom. The third-order valence-electron chi connectivity index (χ3n) is 3.82. The van der Waals surface area contributed by atoms with Crippen molar-refractivity contribution in [2.45, 2.75) is 32.6 Å². The highest BCUT2D eigenvalue weighted by Gasteiger charge is 2.18. The van der Waals surface area contributed by atoms with Crippen LogP contribution in [-0.4, -0.2) is 23.2 Å². The molecule has 100 valence electrons. The summed E-state index contributed by atoms with van der Waals surface area (Å²) >= 11 is 0. The van der Waals surface area contributed by atoms with Gasteiger partial charge in [-0.2, -0.15) is 0 Å². The molecule has 2 aromatic heterocycles. The van der Waals surface area contributed by atoms with Crippen molar-refractivity contribution < 1.29 is 4.52 Å². The minimum absolute atomic E-state index is 0.571. The van der Waals surface area contributed by atoms with Gasteiger partial charge in [0.05, 0.1) is 17.0 Å². The van der Waals surface area contributed by atoms with E-state index in [4.69, 9.17) is 9.51 Å². The van der Waals surface area contributed by atoms with E-state index in [0.29, 0.717) is 5.92 Å². The summed E-state index contributed by atoms with van der Waals surface area (Å²) in [4.78, 5) is 4.83. The molecule has 4 nitrogen and oxygen atoms in total. The van der Waals surface area contributed by atoms with Crippen molar-refractivity contribution in [2.75, 3.05) is 13.1 Å². The van der Waals surface area contributed by atoms with Gasteiger partial charge in [0.15, 0.2) is 0 Å². The van der Waals surface area contributed by atoms with Crippen LogP contribution in [-0.2, 0) is 0 Å². The van der Waals surface area contributed by atoms with Gasteiger partial charge in [0.25, 0.3) is 0 Å². The summed E-state index contributed by atoms with van der Waals surface area (Å²) in [6.07, 6.45) is 2.33. The van der Waals surface area contributed by atoms with Gasteiger partial charge >= 0.3 is 0 Å². The second-order valence-electron chi connectivity index (χ2n) is 5.17. The Morgan fingerprint density at radius 1 is 1.21 bits per heavy atom. The zero-order valence-corrected chi connectivity index (χ0v) is 11.4. The van der Waals surface area contributed by atoms with Crippen LogP contribution in [0.5, 0.6) is 0 Å². The molecule has 0 spiro atoms. The Kier molecular flexibility index (Phi) is 3.34. The predicted molar refractivity (Wildman–Crippen MR) is 74.1 cm³/mol. The monoisotopic (exact) mass is 257 g/mol. The molecule has 0 radical (unpaired) electrons. The SMILES string of the molecule is Cc1noc(C)c1-c1cccc(C2CCNCC2)n1. The molecule has 1 fully saturated rings. The van der Waals surface area contributed by atoms with Crippen LogP contribution in [0, 0.1) is 13.8 Å². The summed E-state index contributed by atoms with van der Waals surface area (Å²) in [5.41, 5.74) is 4.12. The number of aryl methyl sites for hydroxylation is 2. The first kappa shape index (κ1) is 12.4. The lowest BCUT2D eigenvalue weighted by Gasteiger charge is -2.22. The van der Waals surface area contributed by atoms with E-state index in [9.17, 15) is 0 Å². The molecule has 4 heteroatoms. The van der Waals surface area contributed by atoms with E-state index in [1.54, 1.807) is 0 Å². The summed E-state index contributed by atoms with van der Waals surface area (Å²) in [5.74, 6) is 1.41. The maximum atomic E-state index is 5.24. The topological polar surface area (TPSA) is 51.0 Å². The largest absolute Gasteiger partial charge is 0.361 e. The first-order valence-corrected chi connectivity index (χ1v) is 6.86. The van der Waals surface area contributed by atoms with Gasteiger partial charge in [0.1, 0.15) is 5.76 Å². The first-order chi connectivity index (χ1) is 9.25. The standard InChI is InChI=1S/C15H19N3O/c1-10-15(11(2)19-18-10)14-5-3-4-13(17-14)12-6-8-16-9-7-12/h3-5,12,16H,6-9H2,1-2H3. The van der Waals surface area contributed by atoms with Crippen LogP contribution in [0.2, 0.25) is 0 Å². The molecule has 3 rings (SSSR count). The molecule has 0 unspecified atom stereocenters. The Morgan fingerprint density at radius 2 is 2.00 bits per heavy atom. The van der Waals surface area contributed by atoms with Crippen LogP contribution in [0.1, 0.15) is 35.9 Å². The smallest absolute Gasteiger partial charge is 0.143 e. The van der Waals surface area contributed by atoms with E-state index >= 15 is 0 Å². The molecule has 1 N–H and O–H groups in total. The average molecular weight is 257 g/mol. The van der Waals surface area contributed by atoms with Crippen molar-refractivity contribution in [1.82, 2.24) is 15.5 Å². The quantitative estimate of drug-likeness (QED) is 0.898. The lowest BCUT2D eigenvalue weighted by atomic mass is 9.93. The van der Waals surface area contributed by atoms with E-state index in [1.165, 1.54) is 5.69 Å². The minimum atomic E-state index is 0.571. The van der Waals surface area contributed by atoms with E-state index in [1.807, 2.05) is 19.9 Å². The number of nitrogens with one attached hydrogen (secondary N) is 1. The van der Waals surface area contributed by atoms with Crippen LogP contribution in [0.3, 0.4) is 0 Å². The molecule has 0 aromatic carbocycles. The molecule has 1 aliphatic rings. The molecule has 0 aliphatic carbocycles. The highest BCUT2D eigenvalue weighted by Crippen LogP contribution is 2.29. The van der Waals surface area contributed by atoms with Gasteiger partial charge in [-0.15, -0.1) is 0 Å². The van der Waals surface area contributed by atoms with Gasteiger partial charge in [-0.1, -0.05) is 11.2 Å². The fraction of sp³-hybridized carbons (Fsp3) is 0.467. The normalized spacial score (nSPS) is 16.7. The number of aromatic nitrogens is 2. The lowest BCUT2D eigenvalue weighted by molar-refractivity contribution is 0.393. The Bertz CT molecular complexity index is 551. The van der Waals surface area contributed by atoms with Crippen LogP contribution < -0.4 is 5.32 Å². The van der Waals surface area contributed by atoms with Crippen molar-refractivity contribution in [1.29, 1.82) is 0 Å². The molecule has 0 saturated carbocycles. The molecule has 2 aromatic rings. The van der Waals surface area contributed by atoms with E-state index in [0.717, 1.165) is 48.6 Å². The lowest BCUT2D eigenvalue weighted by Crippen LogP contribution is -2.27. The van der Waals surface area contributed by atoms with Gasteiger partial charge in [0, 0.05) is 11.6 Å². The fourth-order valence-electron chi connectivity index (χ4n) is 2.78. The van der Waals surface area contributed by atoms with Crippen molar-refractivity contribution in [2.24, 2.45) is 0 Å². The van der Waals surface area contributed by atoms with Gasteiger partial charge in [-0.25, -0.2) is 0 Å². The fourth-order valence-corrected chi connectivity index (χ4v) is 2.78. The number of piperidine rings is 1. The molecule has 0 bridgehead atoms. The van der Waals surface area contributed by atoms with Gasteiger partial charge < -0.3 is 9.84 Å². The highest BCUT2D eigenvalue weighted by atomic mass is 16.5. The Balaban J connectivity index is 1.95. The molecule has 19 heavy (non-hydrogen) atoms. The average Bonchev–Trinajstić information content (AvgIpc) is 2.79. The zero-order valence-electron chi connectivity index (χ0n) is 11.4. The summed E-state index contributed by atoms with van der Waals surface area (Å²) in [7, 11) is 0. The molecule has 3 heterocycles. The van der Waals surface area contributed by atoms with Crippen LogP contribution >= 0.6 is 0 Å². The molecule has 1 saturated heterocycles. The van der Waals surface area contributed by atoms with Crippen LogP contribution in [0.15, 0.2) is 22.7 Å². The Hall–Kier alpha value is -1.68. The summed E-state index contributed by atoms with van der Waals surface area (Å²) in [5, 5.41) is 7.40. The second-order valence-corrected chi connectivity index (χ2v) is 5.17. The third kappa shape index (κ3) is 2.40. The molecule has 1 aliphatic heterocycles. The number of pyridine rings is 1. The van der Waals surface area contributed by atoms with Crippen molar-refractivity contribution >= 4 is 0 Å². The molecule has 0 atom stereocenters. The highest BCUT2D eigenvalue weighted by molar-refractivity contribution is 5.63. The summed E-state index contributed by atoms with van der Waals surface area (Å²) in [6.45, 7) is 6.07. The van der Waals surface area contributed by atoms with Crippen molar-refractivity contribution in [3.05, 3.63) is 35.3 Å². The molecular weight excluding hydrogens is 238 g/mol. The number of hydrogen-bond acceptors (Lipinski definition) is 4. The number of nitrogens with zero attached hydrogens (tertiary/aromatic N) is 2.